The molecule has 0 aliphatic rings. The second kappa shape index (κ2) is 6.93. The van der Waals surface area contributed by atoms with E-state index in [1.165, 1.54) is 18.7 Å². The molecule has 2 amide bonds. The molecule has 0 atom stereocenters. The number of carbonyl (C=O) groups excluding carboxylic acids is 1. The highest BCUT2D eigenvalue weighted by atomic mass is 16.4. The quantitative estimate of drug-likeness (QED) is 0.735. The lowest BCUT2D eigenvalue weighted by atomic mass is 10.0. The van der Waals surface area contributed by atoms with Crippen molar-refractivity contribution in [3.8, 4) is 0 Å². The number of carboxylic acids is 1. The van der Waals surface area contributed by atoms with Crippen molar-refractivity contribution in [2.75, 3.05) is 13.1 Å². The molecule has 112 valence electrons. The van der Waals surface area contributed by atoms with Gasteiger partial charge in [-0.15, -0.1) is 0 Å². The fraction of sp³-hybridized carbons (Fsp3) is 0.615. The van der Waals surface area contributed by atoms with Crippen LogP contribution in [0.5, 0.6) is 0 Å². The van der Waals surface area contributed by atoms with Gasteiger partial charge in [0, 0.05) is 32.0 Å². The molecule has 1 aromatic rings. The van der Waals surface area contributed by atoms with Crippen LogP contribution in [0.25, 0.3) is 0 Å². The summed E-state index contributed by atoms with van der Waals surface area (Å²) in [7, 11) is 0. The van der Waals surface area contributed by atoms with E-state index in [2.05, 4.69) is 10.3 Å². The molecule has 0 bridgehead atoms. The van der Waals surface area contributed by atoms with Crippen molar-refractivity contribution in [2.24, 2.45) is 0 Å². The number of hydrogen-bond donors (Lipinski definition) is 2. The van der Waals surface area contributed by atoms with Crippen LogP contribution >= 0.6 is 0 Å². The molecule has 0 radical (unpaired) electrons. The first kappa shape index (κ1) is 16.0. The summed E-state index contributed by atoms with van der Waals surface area (Å²) in [6, 6.07) is -0.356. The molecule has 1 heterocycles. The third kappa shape index (κ3) is 3.97. The van der Waals surface area contributed by atoms with Crippen molar-refractivity contribution in [3.63, 3.8) is 0 Å². The van der Waals surface area contributed by atoms with Gasteiger partial charge in [0.25, 0.3) is 0 Å². The Balaban J connectivity index is 2.42. The van der Waals surface area contributed by atoms with Crippen LogP contribution in [0, 0.1) is 0 Å². The summed E-state index contributed by atoms with van der Waals surface area (Å²) < 4.78 is 1.92. The molecular formula is C13H22N4O3. The van der Waals surface area contributed by atoms with Crippen LogP contribution in [-0.4, -0.2) is 50.2 Å². The monoisotopic (exact) mass is 282 g/mol. The van der Waals surface area contributed by atoms with E-state index in [0.717, 1.165) is 13.0 Å². The molecule has 0 saturated heterocycles. The summed E-state index contributed by atoms with van der Waals surface area (Å²) >= 11 is 0. The van der Waals surface area contributed by atoms with E-state index < -0.39 is 11.5 Å². The number of urea groups is 1. The molecule has 2 N–H and O–H groups in total. The number of carbonyl (C=O) groups is 2. The minimum Gasteiger partial charge on any atom is -0.480 e. The minimum atomic E-state index is -1.22. The van der Waals surface area contributed by atoms with Gasteiger partial charge < -0.3 is 19.9 Å². The van der Waals surface area contributed by atoms with E-state index >= 15 is 0 Å². The third-order valence-corrected chi connectivity index (χ3v) is 3.19. The molecule has 0 saturated carbocycles. The number of carboxylic acid groups (broad SMARTS) is 1. The Labute approximate surface area is 118 Å². The standard InChI is InChI=1S/C13H22N4O3/c1-4-17(13(2,3)11(18)19)12(20)15-6-5-8-16-9-7-14-10-16/h7,9-10H,4-6,8H2,1-3H3,(H,15,20)(H,18,19). The predicted molar refractivity (Wildman–Crippen MR) is 74.3 cm³/mol. The van der Waals surface area contributed by atoms with Crippen LogP contribution in [-0.2, 0) is 11.3 Å². The number of aryl methyl sites for hydroxylation is 1. The topological polar surface area (TPSA) is 87.5 Å². The van der Waals surface area contributed by atoms with Crippen LogP contribution in [0.15, 0.2) is 18.7 Å². The summed E-state index contributed by atoms with van der Waals surface area (Å²) in [4.78, 5) is 28.4. The molecule has 0 spiro atoms. The van der Waals surface area contributed by atoms with Crippen molar-refractivity contribution >= 4 is 12.0 Å². The highest BCUT2D eigenvalue weighted by Gasteiger charge is 2.36. The Morgan fingerprint density at radius 1 is 1.45 bits per heavy atom. The van der Waals surface area contributed by atoms with Crippen LogP contribution < -0.4 is 5.32 Å². The van der Waals surface area contributed by atoms with Crippen LogP contribution in [0.1, 0.15) is 27.2 Å². The number of aliphatic carboxylic acids is 1. The normalized spacial score (nSPS) is 11.2. The average molecular weight is 282 g/mol. The Morgan fingerprint density at radius 3 is 2.65 bits per heavy atom. The van der Waals surface area contributed by atoms with Crippen molar-refractivity contribution < 1.29 is 14.7 Å². The molecule has 7 nitrogen and oxygen atoms in total. The number of amides is 2. The summed E-state index contributed by atoms with van der Waals surface area (Å²) in [5.74, 6) is -1.02. The Hall–Kier alpha value is -2.05. The van der Waals surface area contributed by atoms with E-state index in [4.69, 9.17) is 5.11 Å². The molecule has 20 heavy (non-hydrogen) atoms. The zero-order valence-electron chi connectivity index (χ0n) is 12.2. The van der Waals surface area contributed by atoms with E-state index in [9.17, 15) is 9.59 Å². The molecule has 1 rings (SSSR count). The van der Waals surface area contributed by atoms with Gasteiger partial charge in [0.15, 0.2) is 0 Å². The number of aromatic nitrogens is 2. The second-order valence-electron chi connectivity index (χ2n) is 4.99. The maximum absolute atomic E-state index is 12.0. The van der Waals surface area contributed by atoms with Crippen LogP contribution in [0.3, 0.4) is 0 Å². The number of hydrogen-bond acceptors (Lipinski definition) is 3. The van der Waals surface area contributed by atoms with Crippen molar-refractivity contribution in [2.45, 2.75) is 39.3 Å². The Morgan fingerprint density at radius 2 is 2.15 bits per heavy atom. The smallest absolute Gasteiger partial charge is 0.329 e. The summed E-state index contributed by atoms with van der Waals surface area (Å²) in [5.41, 5.74) is -1.22. The van der Waals surface area contributed by atoms with Crippen LogP contribution in [0.4, 0.5) is 4.79 Å². The van der Waals surface area contributed by atoms with Gasteiger partial charge in [-0.3, -0.25) is 0 Å². The van der Waals surface area contributed by atoms with Gasteiger partial charge in [0.2, 0.25) is 0 Å². The Kier molecular flexibility index (Phi) is 5.54. The number of nitrogens with zero attached hydrogens (tertiary/aromatic N) is 3. The zero-order chi connectivity index (χ0) is 15.2. The number of likely N-dealkylation sites (N-methyl/N-ethyl adjacent to an activating group) is 1. The molecule has 1 aromatic heterocycles. The van der Waals surface area contributed by atoms with E-state index in [1.807, 2.05) is 10.8 Å². The molecule has 0 aliphatic heterocycles. The molecule has 0 unspecified atom stereocenters. The third-order valence-electron chi connectivity index (χ3n) is 3.19. The lowest BCUT2D eigenvalue weighted by Crippen LogP contribution is -2.56. The number of imidazole rings is 1. The molecular weight excluding hydrogens is 260 g/mol. The lowest BCUT2D eigenvalue weighted by Gasteiger charge is -2.34. The van der Waals surface area contributed by atoms with E-state index in [0.29, 0.717) is 13.1 Å². The molecule has 0 aliphatic carbocycles. The predicted octanol–water partition coefficient (Wildman–Crippen LogP) is 1.17. The minimum absolute atomic E-state index is 0.340. The van der Waals surface area contributed by atoms with Gasteiger partial charge in [-0.1, -0.05) is 0 Å². The van der Waals surface area contributed by atoms with Gasteiger partial charge in [-0.2, -0.15) is 0 Å². The first-order chi connectivity index (χ1) is 9.39. The van der Waals surface area contributed by atoms with Crippen molar-refractivity contribution in [3.05, 3.63) is 18.7 Å². The van der Waals surface area contributed by atoms with Crippen molar-refractivity contribution in [1.29, 1.82) is 0 Å². The largest absolute Gasteiger partial charge is 0.480 e. The van der Waals surface area contributed by atoms with Crippen molar-refractivity contribution in [1.82, 2.24) is 19.8 Å². The fourth-order valence-electron chi connectivity index (χ4n) is 1.88. The van der Waals surface area contributed by atoms with Gasteiger partial charge in [-0.25, -0.2) is 14.6 Å². The van der Waals surface area contributed by atoms with E-state index in [-0.39, 0.29) is 6.03 Å². The number of nitrogens with one attached hydrogen (secondary N) is 1. The van der Waals surface area contributed by atoms with Gasteiger partial charge in [-0.05, 0) is 27.2 Å². The fourth-order valence-corrected chi connectivity index (χ4v) is 1.88. The first-order valence-corrected chi connectivity index (χ1v) is 6.64. The molecule has 7 heteroatoms. The van der Waals surface area contributed by atoms with Gasteiger partial charge >= 0.3 is 12.0 Å². The van der Waals surface area contributed by atoms with Gasteiger partial charge in [0.05, 0.1) is 6.33 Å². The highest BCUT2D eigenvalue weighted by molar-refractivity contribution is 5.85. The number of rotatable bonds is 7. The summed E-state index contributed by atoms with van der Waals surface area (Å²) in [5, 5.41) is 11.9. The molecule has 0 fully saturated rings. The van der Waals surface area contributed by atoms with Gasteiger partial charge in [0.1, 0.15) is 5.54 Å². The SMILES string of the molecule is CCN(C(=O)NCCCn1ccnc1)C(C)(C)C(=O)O. The maximum atomic E-state index is 12.0. The average Bonchev–Trinajstić information content (AvgIpc) is 2.88. The molecule has 0 aromatic carbocycles. The second-order valence-corrected chi connectivity index (χ2v) is 4.99. The summed E-state index contributed by atoms with van der Waals surface area (Å²) in [6.07, 6.45) is 6.03. The lowest BCUT2D eigenvalue weighted by molar-refractivity contribution is -0.147. The first-order valence-electron chi connectivity index (χ1n) is 6.64. The summed E-state index contributed by atoms with van der Waals surface area (Å²) in [6.45, 7) is 6.38. The van der Waals surface area contributed by atoms with Crippen LogP contribution in [0.2, 0.25) is 0 Å². The van der Waals surface area contributed by atoms with E-state index in [1.54, 1.807) is 19.4 Å². The highest BCUT2D eigenvalue weighted by Crippen LogP contribution is 2.14. The maximum Gasteiger partial charge on any atom is 0.329 e. The zero-order valence-corrected chi connectivity index (χ0v) is 12.2. The Bertz CT molecular complexity index is 442.